The van der Waals surface area contributed by atoms with Crippen LogP contribution in [0.4, 0.5) is 5.69 Å². The van der Waals surface area contributed by atoms with Gasteiger partial charge >= 0.3 is 0 Å². The Labute approximate surface area is 171 Å². The highest BCUT2D eigenvalue weighted by Gasteiger charge is 2.25. The van der Waals surface area contributed by atoms with E-state index in [0.29, 0.717) is 24.5 Å². The molecular formula is C21H26N2O3S2. The van der Waals surface area contributed by atoms with Crippen LogP contribution in [0, 0.1) is 6.92 Å². The van der Waals surface area contributed by atoms with Crippen molar-refractivity contribution < 1.29 is 13.2 Å². The second-order valence-corrected chi connectivity index (χ2v) is 9.94. The van der Waals surface area contributed by atoms with Crippen molar-refractivity contribution in [1.82, 2.24) is 4.31 Å². The zero-order valence-corrected chi connectivity index (χ0v) is 17.7. The lowest BCUT2D eigenvalue weighted by Gasteiger charge is -2.25. The summed E-state index contributed by atoms with van der Waals surface area (Å²) >= 11 is 1.55. The molecule has 0 spiro atoms. The number of nitrogens with zero attached hydrogens (tertiary/aromatic N) is 1. The molecule has 0 radical (unpaired) electrons. The minimum atomic E-state index is -3.44. The summed E-state index contributed by atoms with van der Waals surface area (Å²) < 4.78 is 26.9. The number of aryl methyl sites for hydroxylation is 1. The molecule has 0 bridgehead atoms. The van der Waals surface area contributed by atoms with E-state index in [2.05, 4.69) is 29.6 Å². The molecule has 0 unspecified atom stereocenters. The third-order valence-electron chi connectivity index (χ3n) is 4.71. The molecule has 5 nitrogen and oxygen atoms in total. The molecule has 0 saturated carbocycles. The quantitative estimate of drug-likeness (QED) is 0.737. The van der Waals surface area contributed by atoms with E-state index < -0.39 is 10.0 Å². The van der Waals surface area contributed by atoms with E-state index in [4.69, 9.17) is 0 Å². The van der Waals surface area contributed by atoms with E-state index in [1.165, 1.54) is 11.1 Å². The SMILES string of the molecule is Cc1ccc(CSCC(=O)Nc2ccc(S(=O)(=O)N3CCCCC3)cc2)cc1. The Morgan fingerprint density at radius 3 is 2.29 bits per heavy atom. The van der Waals surface area contributed by atoms with Crippen molar-refractivity contribution in [2.45, 2.75) is 36.8 Å². The Bertz CT molecular complexity index is 888. The fourth-order valence-corrected chi connectivity index (χ4v) is 5.41. The maximum absolute atomic E-state index is 12.7. The van der Waals surface area contributed by atoms with E-state index in [-0.39, 0.29) is 10.8 Å². The molecule has 3 rings (SSSR count). The molecule has 1 fully saturated rings. The molecule has 1 aliphatic heterocycles. The Hall–Kier alpha value is -1.83. The highest BCUT2D eigenvalue weighted by Crippen LogP contribution is 2.22. The van der Waals surface area contributed by atoms with Crippen molar-refractivity contribution in [3.8, 4) is 0 Å². The molecule has 1 amide bonds. The number of hydrogen-bond donors (Lipinski definition) is 1. The van der Waals surface area contributed by atoms with Gasteiger partial charge in [-0.2, -0.15) is 4.31 Å². The molecule has 0 atom stereocenters. The number of amides is 1. The van der Waals surface area contributed by atoms with Gasteiger partial charge in [0.1, 0.15) is 0 Å². The lowest BCUT2D eigenvalue weighted by molar-refractivity contribution is -0.113. The molecular weight excluding hydrogens is 392 g/mol. The highest BCUT2D eigenvalue weighted by atomic mass is 32.2. The first-order chi connectivity index (χ1) is 13.4. The van der Waals surface area contributed by atoms with Crippen molar-refractivity contribution in [1.29, 1.82) is 0 Å². The largest absolute Gasteiger partial charge is 0.325 e. The van der Waals surface area contributed by atoms with Gasteiger partial charge in [-0.25, -0.2) is 8.42 Å². The third-order valence-corrected chi connectivity index (χ3v) is 7.63. The summed E-state index contributed by atoms with van der Waals surface area (Å²) in [5.74, 6) is 1.03. The molecule has 28 heavy (non-hydrogen) atoms. The van der Waals surface area contributed by atoms with Crippen LogP contribution in [0.3, 0.4) is 0 Å². The highest BCUT2D eigenvalue weighted by molar-refractivity contribution is 7.99. The number of sulfonamides is 1. The molecule has 2 aromatic rings. The molecule has 2 aromatic carbocycles. The monoisotopic (exact) mass is 418 g/mol. The summed E-state index contributed by atoms with van der Waals surface area (Å²) in [5.41, 5.74) is 3.02. The van der Waals surface area contributed by atoms with E-state index in [1.807, 2.05) is 6.92 Å². The maximum Gasteiger partial charge on any atom is 0.243 e. The van der Waals surface area contributed by atoms with Crippen LogP contribution in [0.5, 0.6) is 0 Å². The minimum absolute atomic E-state index is 0.0938. The Kier molecular flexibility index (Phi) is 7.15. The third kappa shape index (κ3) is 5.59. The summed E-state index contributed by atoms with van der Waals surface area (Å²) in [6, 6.07) is 14.7. The van der Waals surface area contributed by atoms with Crippen LogP contribution in [0.15, 0.2) is 53.4 Å². The van der Waals surface area contributed by atoms with Gasteiger partial charge in [0.05, 0.1) is 10.6 Å². The van der Waals surface area contributed by atoms with Gasteiger partial charge in [0.25, 0.3) is 0 Å². The molecule has 7 heteroatoms. The van der Waals surface area contributed by atoms with Gasteiger partial charge in [-0.15, -0.1) is 11.8 Å². The Morgan fingerprint density at radius 2 is 1.64 bits per heavy atom. The summed E-state index contributed by atoms with van der Waals surface area (Å²) in [5, 5.41) is 2.83. The van der Waals surface area contributed by atoms with Crippen molar-refractivity contribution in [3.05, 3.63) is 59.7 Å². The lowest BCUT2D eigenvalue weighted by Crippen LogP contribution is -2.35. The Balaban J connectivity index is 1.50. The van der Waals surface area contributed by atoms with E-state index in [1.54, 1.807) is 40.3 Å². The van der Waals surface area contributed by atoms with Gasteiger partial charge in [0.15, 0.2) is 0 Å². The average Bonchev–Trinajstić information content (AvgIpc) is 2.70. The minimum Gasteiger partial charge on any atom is -0.325 e. The van der Waals surface area contributed by atoms with E-state index in [9.17, 15) is 13.2 Å². The number of nitrogens with one attached hydrogen (secondary N) is 1. The lowest BCUT2D eigenvalue weighted by atomic mass is 10.2. The van der Waals surface area contributed by atoms with Gasteiger partial charge < -0.3 is 5.32 Å². The first-order valence-electron chi connectivity index (χ1n) is 9.48. The van der Waals surface area contributed by atoms with Crippen LogP contribution in [0.2, 0.25) is 0 Å². The molecule has 0 aliphatic carbocycles. The van der Waals surface area contributed by atoms with Crippen LogP contribution < -0.4 is 5.32 Å². The average molecular weight is 419 g/mol. The smallest absolute Gasteiger partial charge is 0.243 e. The Morgan fingerprint density at radius 1 is 1.00 bits per heavy atom. The molecule has 0 aromatic heterocycles. The molecule has 1 saturated heterocycles. The number of carbonyl (C=O) groups excluding carboxylic acids is 1. The predicted octanol–water partition coefficient (Wildman–Crippen LogP) is 4.04. The maximum atomic E-state index is 12.7. The first-order valence-corrected chi connectivity index (χ1v) is 12.1. The fourth-order valence-electron chi connectivity index (χ4n) is 3.11. The number of rotatable bonds is 7. The van der Waals surface area contributed by atoms with Gasteiger partial charge in [-0.05, 0) is 49.6 Å². The number of carbonyl (C=O) groups is 1. The number of hydrogen-bond acceptors (Lipinski definition) is 4. The summed E-state index contributed by atoms with van der Waals surface area (Å²) in [7, 11) is -3.44. The van der Waals surface area contributed by atoms with Crippen molar-refractivity contribution >= 4 is 33.4 Å². The topological polar surface area (TPSA) is 66.5 Å². The van der Waals surface area contributed by atoms with Crippen molar-refractivity contribution in [2.75, 3.05) is 24.2 Å². The molecule has 1 heterocycles. The number of benzene rings is 2. The van der Waals surface area contributed by atoms with Crippen LogP contribution >= 0.6 is 11.8 Å². The van der Waals surface area contributed by atoms with Gasteiger partial charge in [0.2, 0.25) is 15.9 Å². The summed E-state index contributed by atoms with van der Waals surface area (Å²) in [6.45, 7) is 3.21. The fraction of sp³-hybridized carbons (Fsp3) is 0.381. The second-order valence-electron chi connectivity index (χ2n) is 7.02. The van der Waals surface area contributed by atoms with Gasteiger partial charge in [0, 0.05) is 24.5 Å². The van der Waals surface area contributed by atoms with Crippen molar-refractivity contribution in [3.63, 3.8) is 0 Å². The van der Waals surface area contributed by atoms with Gasteiger partial charge in [-0.3, -0.25) is 4.79 Å². The van der Waals surface area contributed by atoms with Crippen LogP contribution in [-0.2, 0) is 20.6 Å². The first kappa shape index (κ1) is 20.9. The number of piperidine rings is 1. The van der Waals surface area contributed by atoms with E-state index >= 15 is 0 Å². The van der Waals surface area contributed by atoms with Crippen molar-refractivity contribution in [2.24, 2.45) is 0 Å². The molecule has 1 aliphatic rings. The standard InChI is InChI=1S/C21H26N2O3S2/c1-17-5-7-18(8-6-17)15-27-16-21(24)22-19-9-11-20(12-10-19)28(25,26)23-13-3-2-4-14-23/h5-12H,2-4,13-16H2,1H3,(H,22,24). The molecule has 1 N–H and O–H groups in total. The second kappa shape index (κ2) is 9.58. The predicted molar refractivity (Wildman–Crippen MR) is 115 cm³/mol. The zero-order chi connectivity index (χ0) is 20.0. The van der Waals surface area contributed by atoms with E-state index in [0.717, 1.165) is 25.0 Å². The number of thioether (sulfide) groups is 1. The zero-order valence-electron chi connectivity index (χ0n) is 16.1. The van der Waals surface area contributed by atoms with Crippen LogP contribution in [0.25, 0.3) is 0 Å². The van der Waals surface area contributed by atoms with Crippen LogP contribution in [0.1, 0.15) is 30.4 Å². The van der Waals surface area contributed by atoms with Gasteiger partial charge in [-0.1, -0.05) is 36.2 Å². The summed E-state index contributed by atoms with van der Waals surface area (Å²) in [4.78, 5) is 12.4. The molecule has 150 valence electrons. The van der Waals surface area contributed by atoms with Crippen LogP contribution in [-0.4, -0.2) is 37.5 Å². The summed E-state index contributed by atoms with van der Waals surface area (Å²) in [6.07, 6.45) is 2.90. The number of anilines is 1. The normalized spacial score (nSPS) is 15.3.